The number of carboxylic acid groups (broad SMARTS) is 1. The van der Waals surface area contributed by atoms with Gasteiger partial charge in [-0.15, -0.1) is 0 Å². The minimum absolute atomic E-state index is 0.0112. The number of Topliss-reactive ketones (excluding diaryl/α,β-unsaturated/α-hetero) is 1. The predicted molar refractivity (Wildman–Crippen MR) is 76.4 cm³/mol. The number of hydrogen-bond donors (Lipinski definition) is 1. The predicted octanol–water partition coefficient (Wildman–Crippen LogP) is 3.20. The Bertz CT molecular complexity index is 770. The molecule has 2 aromatic carbocycles. The van der Waals surface area contributed by atoms with Gasteiger partial charge in [-0.05, 0) is 34.7 Å². The van der Waals surface area contributed by atoms with E-state index in [2.05, 4.69) is 0 Å². The molecule has 2 aromatic rings. The van der Waals surface area contributed by atoms with Gasteiger partial charge in [-0.1, -0.05) is 36.4 Å². The first kappa shape index (κ1) is 14.4. The van der Waals surface area contributed by atoms with Gasteiger partial charge in [-0.2, -0.15) is 0 Å². The van der Waals surface area contributed by atoms with E-state index < -0.39 is 24.1 Å². The number of carbonyl (C=O) groups excluding carboxylic acids is 1. The molecular formula is C17H12F2O3. The molecule has 0 heterocycles. The van der Waals surface area contributed by atoms with E-state index in [0.717, 1.165) is 22.3 Å². The number of carboxylic acids is 1. The number of ketones is 1. The minimum atomic E-state index is -2.85. The van der Waals surface area contributed by atoms with Gasteiger partial charge in [0.25, 0.3) is 0 Å². The van der Waals surface area contributed by atoms with Crippen LogP contribution in [0.2, 0.25) is 0 Å². The van der Waals surface area contributed by atoms with Crippen molar-refractivity contribution < 1.29 is 23.5 Å². The summed E-state index contributed by atoms with van der Waals surface area (Å²) in [4.78, 5) is 22.3. The first-order valence-electron chi connectivity index (χ1n) is 6.75. The number of aliphatic carboxylic acids is 1. The van der Waals surface area contributed by atoms with Crippen molar-refractivity contribution in [3.05, 3.63) is 59.2 Å². The van der Waals surface area contributed by atoms with Crippen molar-refractivity contribution >= 4 is 11.8 Å². The summed E-state index contributed by atoms with van der Waals surface area (Å²) in [6, 6.07) is 12.4. The molecule has 1 aliphatic carbocycles. The molecule has 5 heteroatoms. The Balaban J connectivity index is 1.91. The summed E-state index contributed by atoms with van der Waals surface area (Å²) in [5.41, 5.74) is 3.96. The lowest BCUT2D eigenvalue weighted by Gasteiger charge is -2.10. The second-order valence-corrected chi connectivity index (χ2v) is 5.21. The van der Waals surface area contributed by atoms with Gasteiger partial charge in [0.2, 0.25) is 18.1 Å². The van der Waals surface area contributed by atoms with Gasteiger partial charge in [0.1, 0.15) is 0 Å². The van der Waals surface area contributed by atoms with Crippen LogP contribution in [0.3, 0.4) is 0 Å². The number of carbonyl (C=O) groups is 2. The molecule has 3 nitrogen and oxygen atoms in total. The quantitative estimate of drug-likeness (QED) is 0.753. The van der Waals surface area contributed by atoms with Gasteiger partial charge in [0, 0.05) is 5.56 Å². The van der Waals surface area contributed by atoms with Crippen LogP contribution in [-0.4, -0.2) is 29.2 Å². The fourth-order valence-electron chi connectivity index (χ4n) is 2.72. The molecule has 0 radical (unpaired) electrons. The number of rotatable bonds is 4. The lowest BCUT2D eigenvalue weighted by Crippen LogP contribution is -2.33. The maximum atomic E-state index is 13.6. The molecule has 2 atom stereocenters. The zero-order valence-corrected chi connectivity index (χ0v) is 11.4. The van der Waals surface area contributed by atoms with E-state index in [1.54, 1.807) is 6.07 Å². The van der Waals surface area contributed by atoms with Crippen molar-refractivity contribution in [3.63, 3.8) is 0 Å². The third-order valence-electron chi connectivity index (χ3n) is 3.82. The molecule has 0 aromatic heterocycles. The minimum Gasteiger partial charge on any atom is -0.479 e. The van der Waals surface area contributed by atoms with Gasteiger partial charge in [0.15, 0.2) is 0 Å². The van der Waals surface area contributed by atoms with Crippen LogP contribution < -0.4 is 0 Å². The zero-order chi connectivity index (χ0) is 15.9. The Morgan fingerprint density at radius 3 is 2.36 bits per heavy atom. The van der Waals surface area contributed by atoms with Crippen LogP contribution in [0, 0.1) is 0 Å². The van der Waals surface area contributed by atoms with Gasteiger partial charge < -0.3 is 5.11 Å². The van der Waals surface area contributed by atoms with Crippen molar-refractivity contribution in [3.8, 4) is 11.1 Å². The first-order chi connectivity index (χ1) is 10.5. The summed E-state index contributed by atoms with van der Waals surface area (Å²) in [7, 11) is 0. The van der Waals surface area contributed by atoms with Gasteiger partial charge in [0.05, 0.1) is 0 Å². The Hall–Kier alpha value is -2.56. The van der Waals surface area contributed by atoms with E-state index in [9.17, 15) is 18.4 Å². The molecule has 2 unspecified atom stereocenters. The van der Waals surface area contributed by atoms with E-state index in [4.69, 9.17) is 5.11 Å². The molecule has 0 bridgehead atoms. The highest BCUT2D eigenvalue weighted by Gasteiger charge is 2.35. The second-order valence-electron chi connectivity index (χ2n) is 5.21. The zero-order valence-electron chi connectivity index (χ0n) is 11.4. The highest BCUT2D eigenvalue weighted by atomic mass is 19.2. The van der Waals surface area contributed by atoms with Gasteiger partial charge in [-0.25, -0.2) is 13.6 Å². The fourth-order valence-corrected chi connectivity index (χ4v) is 2.72. The highest BCUT2D eigenvalue weighted by Crippen LogP contribution is 2.36. The van der Waals surface area contributed by atoms with Crippen LogP contribution >= 0.6 is 0 Å². The first-order valence-corrected chi connectivity index (χ1v) is 6.75. The number of alkyl halides is 2. The van der Waals surface area contributed by atoms with Gasteiger partial charge >= 0.3 is 5.97 Å². The Morgan fingerprint density at radius 1 is 0.955 bits per heavy atom. The number of benzene rings is 2. The lowest BCUT2D eigenvalue weighted by atomic mass is 9.98. The Morgan fingerprint density at radius 2 is 1.64 bits per heavy atom. The second kappa shape index (κ2) is 5.33. The molecule has 112 valence electrons. The smallest absolute Gasteiger partial charge is 0.341 e. The highest BCUT2D eigenvalue weighted by molar-refractivity contribution is 6.03. The third kappa shape index (κ3) is 2.28. The van der Waals surface area contributed by atoms with Crippen LogP contribution in [0.25, 0.3) is 11.1 Å². The van der Waals surface area contributed by atoms with Crippen LogP contribution in [0.4, 0.5) is 8.78 Å². The molecule has 1 N–H and O–H groups in total. The standard InChI is InChI=1S/C17H12F2O3/c18-14(15(19)17(21)22)16(20)10-5-6-13-11(8-10)7-9-3-1-2-4-12(9)13/h1-6,8,14-15H,7H2,(H,21,22). The molecule has 0 spiro atoms. The molecule has 0 saturated heterocycles. The van der Waals surface area contributed by atoms with E-state index in [1.165, 1.54) is 12.1 Å². The molecule has 3 rings (SSSR count). The van der Waals surface area contributed by atoms with Crippen LogP contribution in [0.5, 0.6) is 0 Å². The molecule has 0 amide bonds. The van der Waals surface area contributed by atoms with E-state index in [-0.39, 0.29) is 5.56 Å². The number of fused-ring (bicyclic) bond motifs is 3. The molecule has 0 fully saturated rings. The maximum Gasteiger partial charge on any atom is 0.341 e. The summed E-state index contributed by atoms with van der Waals surface area (Å²) in [6.45, 7) is 0. The largest absolute Gasteiger partial charge is 0.479 e. The summed E-state index contributed by atoms with van der Waals surface area (Å²) >= 11 is 0. The maximum absolute atomic E-state index is 13.6. The molecular weight excluding hydrogens is 290 g/mol. The molecule has 22 heavy (non-hydrogen) atoms. The van der Waals surface area contributed by atoms with Crippen molar-refractivity contribution in [2.24, 2.45) is 0 Å². The van der Waals surface area contributed by atoms with Gasteiger partial charge in [-0.3, -0.25) is 4.79 Å². The number of hydrogen-bond acceptors (Lipinski definition) is 2. The van der Waals surface area contributed by atoms with Crippen LogP contribution in [0.1, 0.15) is 21.5 Å². The van der Waals surface area contributed by atoms with E-state index >= 15 is 0 Å². The van der Waals surface area contributed by atoms with Crippen molar-refractivity contribution in [2.45, 2.75) is 18.8 Å². The lowest BCUT2D eigenvalue weighted by molar-refractivity contribution is -0.144. The van der Waals surface area contributed by atoms with Crippen molar-refractivity contribution in [1.29, 1.82) is 0 Å². The topological polar surface area (TPSA) is 54.4 Å². The summed E-state index contributed by atoms with van der Waals surface area (Å²) < 4.78 is 26.8. The van der Waals surface area contributed by atoms with Crippen molar-refractivity contribution in [2.75, 3.05) is 0 Å². The SMILES string of the molecule is O=C(O)C(F)C(F)C(=O)c1ccc2c(c1)Cc1ccccc1-2. The summed E-state index contributed by atoms with van der Waals surface area (Å²) in [5, 5.41) is 8.45. The monoisotopic (exact) mass is 302 g/mol. The van der Waals surface area contributed by atoms with Crippen LogP contribution in [0.15, 0.2) is 42.5 Å². The summed E-state index contributed by atoms with van der Waals surface area (Å²) in [6.07, 6.45) is -4.93. The van der Waals surface area contributed by atoms with E-state index in [1.807, 2.05) is 24.3 Å². The normalized spacial score (nSPS) is 14.8. The summed E-state index contributed by atoms with van der Waals surface area (Å²) in [5.74, 6) is -3.12. The number of halogens is 2. The molecule has 0 aliphatic heterocycles. The average molecular weight is 302 g/mol. The fraction of sp³-hybridized carbons (Fsp3) is 0.176. The average Bonchev–Trinajstić information content (AvgIpc) is 2.90. The Labute approximate surface area is 125 Å². The molecule has 1 aliphatic rings. The van der Waals surface area contributed by atoms with Crippen LogP contribution in [-0.2, 0) is 11.2 Å². The molecule has 0 saturated carbocycles. The van der Waals surface area contributed by atoms with Crippen molar-refractivity contribution in [1.82, 2.24) is 0 Å². The van der Waals surface area contributed by atoms with E-state index in [0.29, 0.717) is 6.42 Å². The third-order valence-corrected chi connectivity index (χ3v) is 3.82. The Kier molecular flexibility index (Phi) is 3.48.